The van der Waals surface area contributed by atoms with E-state index in [1.54, 1.807) is 12.1 Å². The number of nitrogen functional groups attached to an aromatic ring is 2. The lowest BCUT2D eigenvalue weighted by atomic mass is 10.1. The number of anilines is 2. The number of benzene rings is 4. The highest BCUT2D eigenvalue weighted by atomic mass is 32.2. The molecule has 5 heterocycles. The summed E-state index contributed by atoms with van der Waals surface area (Å²) in [5, 5.41) is 83.5. The minimum Gasteiger partial charge on any atom is -0.479 e. The monoisotopic (exact) mass is 1080 g/mol. The zero-order valence-corrected chi connectivity index (χ0v) is 40.7. The van der Waals surface area contributed by atoms with E-state index < -0.39 is 105 Å². The molecule has 0 aliphatic carbocycles. The van der Waals surface area contributed by atoms with Crippen molar-refractivity contribution < 1.29 is 61.5 Å². The van der Waals surface area contributed by atoms with Crippen molar-refractivity contribution in [3.63, 3.8) is 0 Å². The number of carboxylic acid groups (broad SMARTS) is 4. The number of nitrogens with two attached hydrogens (primary N) is 2. The Balaban J connectivity index is 1.11. The summed E-state index contributed by atoms with van der Waals surface area (Å²) in [5.74, 6) is -8.71. The molecule has 0 amide bonds. The van der Waals surface area contributed by atoms with E-state index in [4.69, 9.17) is 11.5 Å². The summed E-state index contributed by atoms with van der Waals surface area (Å²) in [4.78, 5) is 58.8. The van der Waals surface area contributed by atoms with Crippen LogP contribution in [-0.4, -0.2) is 120 Å². The first kappa shape index (κ1) is 51.0. The van der Waals surface area contributed by atoms with E-state index in [-0.39, 0.29) is 55.6 Å². The fourth-order valence-electron chi connectivity index (χ4n) is 7.36. The molecule has 0 aliphatic heterocycles. The Morgan fingerprint density at radius 1 is 0.494 bits per heavy atom. The first-order chi connectivity index (χ1) is 36.5. The summed E-state index contributed by atoms with van der Waals surface area (Å²) in [6, 6.07) is 19.3. The molecule has 0 saturated heterocycles. The standard InChI is InChI=1S/C45H33N17O13S2/c1-21-33(53-55-37-31(76(72,73)29-9-5-3-6-10-29)19-48-59(37)27-15-23(39(63)64)13-24(16-27)40(65)66)35(46)61(57-21)43-50-44(52-45(71)51-43)62-36(47)34(22(2)58-62)54-56-38-32(77(74,75)30-11-7-4-8-12-30)20-49-60(38)28-17-25(41(67)68)14-26(18-28)42(69)70/h3-20H,46-47H2,1-2H3,(H,63,64)(H,65,66)(H,67,68)(H,69,70)(H,50,51,52,71). The lowest BCUT2D eigenvalue weighted by Gasteiger charge is -2.09. The van der Waals surface area contributed by atoms with Crippen LogP contribution in [0, 0.1) is 13.8 Å². The quantitative estimate of drug-likeness (QED) is 0.0596. The van der Waals surface area contributed by atoms with E-state index in [1.807, 2.05) is 0 Å². The van der Waals surface area contributed by atoms with Crippen molar-refractivity contribution in [3.05, 3.63) is 143 Å². The highest BCUT2D eigenvalue weighted by molar-refractivity contribution is 7.92. The number of rotatable bonds is 16. The van der Waals surface area contributed by atoms with Crippen molar-refractivity contribution in [1.29, 1.82) is 0 Å². The van der Waals surface area contributed by atoms with Crippen LogP contribution in [0.25, 0.3) is 23.3 Å². The lowest BCUT2D eigenvalue weighted by Crippen LogP contribution is -2.13. The first-order valence-electron chi connectivity index (χ1n) is 21.5. The van der Waals surface area contributed by atoms with Gasteiger partial charge >= 0.3 is 29.9 Å². The SMILES string of the molecule is Cc1nn(-c2nc(O)nc(-n3nc(C)c(N=Nc4c(S(=O)(=O)c5ccccc5)cnn4-c4cc(C(=O)O)cc(C(=O)O)c4)c3N)n2)c(N)c1N=Nc1c(S(=O)(=O)c2ccccc2)cnn1-c1cc(C(=O)O)cc(C(=O)O)c1. The van der Waals surface area contributed by atoms with Gasteiger partial charge in [0, 0.05) is 0 Å². The van der Waals surface area contributed by atoms with Crippen molar-refractivity contribution in [2.75, 3.05) is 11.5 Å². The van der Waals surface area contributed by atoms with Crippen LogP contribution in [0.2, 0.25) is 0 Å². The molecule has 0 radical (unpaired) electrons. The Labute approximate surface area is 430 Å². The molecule has 388 valence electrons. The third kappa shape index (κ3) is 9.51. The van der Waals surface area contributed by atoms with E-state index in [2.05, 4.69) is 55.8 Å². The molecular formula is C45H33N17O13S2. The Kier molecular flexibility index (Phi) is 12.9. The van der Waals surface area contributed by atoms with Gasteiger partial charge in [-0.25, -0.2) is 45.4 Å². The summed E-state index contributed by atoms with van der Waals surface area (Å²) in [5.41, 5.74) is 10.3. The number of carboxylic acids is 4. The number of nitrogens with zero attached hydrogens (tertiary/aromatic N) is 15. The molecule has 77 heavy (non-hydrogen) atoms. The molecule has 9 N–H and O–H groups in total. The topological polar surface area (TPSA) is 449 Å². The van der Waals surface area contributed by atoms with Crippen molar-refractivity contribution in [2.24, 2.45) is 20.5 Å². The number of aryl methyl sites for hydroxylation is 2. The van der Waals surface area contributed by atoms with Crippen molar-refractivity contribution >= 4 is 78.2 Å². The first-order valence-corrected chi connectivity index (χ1v) is 24.5. The van der Waals surface area contributed by atoms with Gasteiger partial charge in [0.15, 0.2) is 34.6 Å². The second kappa shape index (κ2) is 19.5. The van der Waals surface area contributed by atoms with E-state index in [0.29, 0.717) is 0 Å². The molecule has 5 aromatic heterocycles. The van der Waals surface area contributed by atoms with Crippen LogP contribution >= 0.6 is 0 Å². The van der Waals surface area contributed by atoms with Gasteiger partial charge in [-0.05, 0) is 74.5 Å². The summed E-state index contributed by atoms with van der Waals surface area (Å²) in [6.45, 7) is 2.83. The number of hydrogen-bond acceptors (Lipinski definition) is 22. The Hall–Kier alpha value is -10.9. The van der Waals surface area contributed by atoms with Crippen molar-refractivity contribution in [2.45, 2.75) is 33.4 Å². The van der Waals surface area contributed by atoms with E-state index in [9.17, 15) is 61.5 Å². The molecular weight excluding hydrogens is 1050 g/mol. The molecule has 0 saturated carbocycles. The van der Waals surface area contributed by atoms with Gasteiger partial charge in [-0.2, -0.15) is 44.7 Å². The zero-order valence-electron chi connectivity index (χ0n) is 39.1. The molecule has 0 bridgehead atoms. The molecule has 0 unspecified atom stereocenters. The Morgan fingerprint density at radius 2 is 0.831 bits per heavy atom. The van der Waals surface area contributed by atoms with Gasteiger partial charge in [-0.3, -0.25) is 0 Å². The number of aromatic nitrogens is 11. The van der Waals surface area contributed by atoms with Crippen LogP contribution in [0.4, 0.5) is 34.6 Å². The molecule has 32 heteroatoms. The second-order valence-electron chi connectivity index (χ2n) is 16.0. The number of hydrogen-bond donors (Lipinski definition) is 7. The average Bonchev–Trinajstić information content (AvgIpc) is 4.27. The normalized spacial score (nSPS) is 11.9. The van der Waals surface area contributed by atoms with Gasteiger partial charge in [0.2, 0.25) is 19.7 Å². The van der Waals surface area contributed by atoms with Gasteiger partial charge in [0.1, 0.15) is 9.79 Å². The summed E-state index contributed by atoms with van der Waals surface area (Å²) in [6.07, 6.45) is 1.83. The number of azo groups is 2. The smallest absolute Gasteiger partial charge is 0.335 e. The van der Waals surface area contributed by atoms with E-state index >= 15 is 0 Å². The number of aromatic hydroxyl groups is 1. The molecule has 4 aromatic carbocycles. The second-order valence-corrected chi connectivity index (χ2v) is 19.8. The van der Waals surface area contributed by atoms with Crippen LogP contribution in [-0.2, 0) is 19.7 Å². The summed E-state index contributed by atoms with van der Waals surface area (Å²) < 4.78 is 59.5. The summed E-state index contributed by atoms with van der Waals surface area (Å²) >= 11 is 0. The fourth-order valence-corrected chi connectivity index (χ4v) is 10.0. The minimum absolute atomic E-state index is 0.0196. The molecule has 9 rings (SSSR count). The fraction of sp³-hybridized carbons (Fsp3) is 0.0444. The summed E-state index contributed by atoms with van der Waals surface area (Å²) in [7, 11) is -8.88. The van der Waals surface area contributed by atoms with Crippen LogP contribution in [0.15, 0.2) is 149 Å². The highest BCUT2D eigenvalue weighted by Crippen LogP contribution is 2.38. The molecule has 9 aromatic rings. The van der Waals surface area contributed by atoms with E-state index in [1.165, 1.54) is 62.4 Å². The Morgan fingerprint density at radius 3 is 1.16 bits per heavy atom. The largest absolute Gasteiger partial charge is 0.479 e. The van der Waals surface area contributed by atoms with Crippen molar-refractivity contribution in [1.82, 2.24) is 54.1 Å². The van der Waals surface area contributed by atoms with Crippen LogP contribution < -0.4 is 11.5 Å². The number of carbonyl (C=O) groups is 4. The van der Waals surface area contributed by atoms with Crippen LogP contribution in [0.1, 0.15) is 52.8 Å². The third-order valence-electron chi connectivity index (χ3n) is 11.0. The maximum Gasteiger partial charge on any atom is 0.335 e. The third-order valence-corrected chi connectivity index (χ3v) is 14.5. The number of aromatic carboxylic acids is 4. The molecule has 0 spiro atoms. The van der Waals surface area contributed by atoms with Crippen molar-refractivity contribution in [3.8, 4) is 29.3 Å². The lowest BCUT2D eigenvalue weighted by molar-refractivity contribution is 0.0676. The van der Waals surface area contributed by atoms with Gasteiger partial charge in [0.25, 0.3) is 11.9 Å². The predicted molar refractivity (Wildman–Crippen MR) is 261 cm³/mol. The van der Waals surface area contributed by atoms with Gasteiger partial charge < -0.3 is 37.0 Å². The van der Waals surface area contributed by atoms with E-state index in [0.717, 1.165) is 67.5 Å². The van der Waals surface area contributed by atoms with Crippen LogP contribution in [0.5, 0.6) is 6.01 Å². The molecule has 30 nitrogen and oxygen atoms in total. The predicted octanol–water partition coefficient (Wildman–Crippen LogP) is 5.39. The highest BCUT2D eigenvalue weighted by Gasteiger charge is 2.30. The van der Waals surface area contributed by atoms with Crippen LogP contribution in [0.3, 0.4) is 0 Å². The average molecular weight is 1080 g/mol. The molecule has 0 aliphatic rings. The Bertz CT molecular complexity index is 3900. The maximum absolute atomic E-state index is 14.0. The number of sulfone groups is 2. The zero-order chi connectivity index (χ0) is 55.2. The minimum atomic E-state index is -4.44. The molecule has 0 fully saturated rings. The van der Waals surface area contributed by atoms with Gasteiger partial charge in [-0.1, -0.05) is 36.4 Å². The molecule has 0 atom stereocenters. The van der Waals surface area contributed by atoms with Gasteiger partial charge in [-0.15, -0.1) is 20.5 Å². The van der Waals surface area contributed by atoms with Gasteiger partial charge in [0.05, 0.1) is 67.2 Å². The maximum atomic E-state index is 14.0.